The Morgan fingerprint density at radius 3 is 2.78 bits per heavy atom. The third-order valence-corrected chi connectivity index (χ3v) is 1.67. The Balaban J connectivity index is 2.81. The molecule has 0 amide bonds. The average molecular weight is 139 g/mol. The minimum absolute atomic E-state index is 0.555. The maximum atomic E-state index is 10.2. The third kappa shape index (κ3) is 1.64. The van der Waals surface area contributed by atoms with Crippen molar-refractivity contribution in [3.8, 4) is 0 Å². The van der Waals surface area contributed by atoms with Gasteiger partial charge in [-0.2, -0.15) is 0 Å². The fourth-order valence-electron chi connectivity index (χ4n) is 0.630. The van der Waals surface area contributed by atoms with E-state index in [9.17, 15) is 4.21 Å². The van der Waals surface area contributed by atoms with Crippen LogP contribution in [-0.4, -0.2) is 9.07 Å². The van der Waals surface area contributed by atoms with E-state index in [0.717, 1.165) is 16.9 Å². The molecule has 0 N–H and O–H groups in total. The van der Waals surface area contributed by atoms with Gasteiger partial charge >= 0.3 is 0 Å². The van der Waals surface area contributed by atoms with Gasteiger partial charge in [0.05, 0.1) is 11.3 Å². The molecule has 1 radical (unpaired) electrons. The molecule has 0 bridgehead atoms. The lowest BCUT2D eigenvalue weighted by atomic mass is 10.1. The SMILES string of the molecule is [CH2]C1=CCC(=S=O)C=C1. The van der Waals surface area contributed by atoms with Crippen LogP contribution in [0, 0.1) is 6.92 Å². The van der Waals surface area contributed by atoms with E-state index in [4.69, 9.17) is 0 Å². The van der Waals surface area contributed by atoms with Gasteiger partial charge in [-0.25, -0.2) is 4.21 Å². The third-order valence-electron chi connectivity index (χ3n) is 1.16. The Labute approximate surface area is 58.2 Å². The molecule has 0 heterocycles. The van der Waals surface area contributed by atoms with Crippen molar-refractivity contribution in [3.05, 3.63) is 30.7 Å². The quantitative estimate of drug-likeness (QED) is 0.459. The molecule has 9 heavy (non-hydrogen) atoms. The highest BCUT2D eigenvalue weighted by atomic mass is 32.1. The normalized spacial score (nSPS) is 17.4. The monoisotopic (exact) mass is 139 g/mol. The summed E-state index contributed by atoms with van der Waals surface area (Å²) in [6.07, 6.45) is 6.37. The lowest BCUT2D eigenvalue weighted by Crippen LogP contribution is -1.94. The molecule has 0 aliphatic heterocycles. The van der Waals surface area contributed by atoms with E-state index in [2.05, 4.69) is 6.92 Å². The van der Waals surface area contributed by atoms with Crippen LogP contribution in [-0.2, 0) is 11.3 Å². The first-order valence-electron chi connectivity index (χ1n) is 2.69. The van der Waals surface area contributed by atoms with Crippen molar-refractivity contribution < 1.29 is 4.21 Å². The van der Waals surface area contributed by atoms with Crippen molar-refractivity contribution in [2.24, 2.45) is 0 Å². The fraction of sp³-hybridized carbons (Fsp3) is 0.143. The highest BCUT2D eigenvalue weighted by Crippen LogP contribution is 2.04. The van der Waals surface area contributed by atoms with Crippen LogP contribution in [0.4, 0.5) is 0 Å². The Bertz CT molecular complexity index is 219. The molecule has 0 aromatic carbocycles. The van der Waals surface area contributed by atoms with Crippen LogP contribution in [0.5, 0.6) is 0 Å². The molecule has 0 aromatic rings. The van der Waals surface area contributed by atoms with Crippen LogP contribution >= 0.6 is 0 Å². The van der Waals surface area contributed by atoms with Crippen molar-refractivity contribution in [3.63, 3.8) is 0 Å². The van der Waals surface area contributed by atoms with Gasteiger partial charge in [0.15, 0.2) is 0 Å². The van der Waals surface area contributed by atoms with Crippen LogP contribution in [0.2, 0.25) is 0 Å². The van der Waals surface area contributed by atoms with Crippen molar-refractivity contribution in [1.29, 1.82) is 0 Å². The summed E-state index contributed by atoms with van der Waals surface area (Å²) in [7, 11) is 0. The van der Waals surface area contributed by atoms with Crippen molar-refractivity contribution >= 4 is 16.1 Å². The van der Waals surface area contributed by atoms with E-state index in [1.165, 1.54) is 0 Å². The first kappa shape index (κ1) is 6.49. The predicted octanol–water partition coefficient (Wildman–Crippen LogP) is 1.09. The molecular formula is C7H7OS. The van der Waals surface area contributed by atoms with Crippen LogP contribution < -0.4 is 0 Å². The number of hydrogen-bond acceptors (Lipinski definition) is 1. The van der Waals surface area contributed by atoms with Gasteiger partial charge in [-0.1, -0.05) is 17.7 Å². The number of hydrogen-bond donors (Lipinski definition) is 0. The Morgan fingerprint density at radius 1 is 1.56 bits per heavy atom. The van der Waals surface area contributed by atoms with Crippen LogP contribution in [0.3, 0.4) is 0 Å². The van der Waals surface area contributed by atoms with Crippen molar-refractivity contribution in [2.75, 3.05) is 0 Å². The Hall–Kier alpha value is -0.630. The summed E-state index contributed by atoms with van der Waals surface area (Å²) in [6.45, 7) is 3.72. The predicted molar refractivity (Wildman–Crippen MR) is 40.3 cm³/mol. The largest absolute Gasteiger partial charge is 0.212 e. The molecule has 1 nitrogen and oxygen atoms in total. The zero-order chi connectivity index (χ0) is 6.69. The first-order valence-corrected chi connectivity index (χ1v) is 3.43. The molecule has 0 atom stereocenters. The Kier molecular flexibility index (Phi) is 2.01. The smallest absolute Gasteiger partial charge is 0.0923 e. The highest BCUT2D eigenvalue weighted by molar-refractivity contribution is 7.66. The van der Waals surface area contributed by atoms with Gasteiger partial charge in [0.2, 0.25) is 0 Å². The molecule has 0 saturated carbocycles. The van der Waals surface area contributed by atoms with Gasteiger partial charge in [-0.05, 0) is 13.0 Å². The highest BCUT2D eigenvalue weighted by Gasteiger charge is 1.95. The second-order valence-corrected chi connectivity index (χ2v) is 2.56. The minimum Gasteiger partial charge on any atom is -0.212 e. The minimum atomic E-state index is 0.555. The van der Waals surface area contributed by atoms with Crippen molar-refractivity contribution in [2.45, 2.75) is 6.42 Å². The maximum Gasteiger partial charge on any atom is 0.0923 e. The molecule has 0 aromatic heterocycles. The lowest BCUT2D eigenvalue weighted by Gasteiger charge is -1.98. The summed E-state index contributed by atoms with van der Waals surface area (Å²) < 4.78 is 10.2. The van der Waals surface area contributed by atoms with Crippen LogP contribution in [0.25, 0.3) is 0 Å². The lowest BCUT2D eigenvalue weighted by molar-refractivity contribution is 0.701. The molecule has 0 fully saturated rings. The van der Waals surface area contributed by atoms with Crippen LogP contribution in [0.15, 0.2) is 23.8 Å². The van der Waals surface area contributed by atoms with Gasteiger partial charge in [0, 0.05) is 11.3 Å². The van der Waals surface area contributed by atoms with E-state index >= 15 is 0 Å². The zero-order valence-corrected chi connectivity index (χ0v) is 5.78. The topological polar surface area (TPSA) is 17.1 Å². The summed E-state index contributed by atoms with van der Waals surface area (Å²) in [5, 5.41) is 0. The fourth-order valence-corrected chi connectivity index (χ4v) is 0.905. The van der Waals surface area contributed by atoms with E-state index in [1.54, 1.807) is 0 Å². The molecule has 1 rings (SSSR count). The molecule has 2 heteroatoms. The first-order chi connectivity index (χ1) is 4.33. The summed E-state index contributed by atoms with van der Waals surface area (Å²) >= 11 is 0.555. The molecule has 47 valence electrons. The molecule has 0 saturated heterocycles. The van der Waals surface area contributed by atoms with Crippen LogP contribution in [0.1, 0.15) is 6.42 Å². The van der Waals surface area contributed by atoms with Gasteiger partial charge in [-0.3, -0.25) is 0 Å². The number of allylic oxidation sites excluding steroid dienone is 4. The summed E-state index contributed by atoms with van der Waals surface area (Å²) in [6, 6.07) is 0. The zero-order valence-electron chi connectivity index (χ0n) is 4.96. The van der Waals surface area contributed by atoms with Crippen molar-refractivity contribution in [1.82, 2.24) is 0 Å². The summed E-state index contributed by atoms with van der Waals surface area (Å²) in [5.41, 5.74) is 0.993. The maximum absolute atomic E-state index is 10.2. The molecule has 1 aliphatic carbocycles. The van der Waals surface area contributed by atoms with Gasteiger partial charge in [0.1, 0.15) is 0 Å². The van der Waals surface area contributed by atoms with E-state index in [1.807, 2.05) is 18.2 Å². The average Bonchev–Trinajstić information content (AvgIpc) is 1.90. The van der Waals surface area contributed by atoms with E-state index < -0.39 is 0 Å². The summed E-state index contributed by atoms with van der Waals surface area (Å²) in [4.78, 5) is 0.863. The van der Waals surface area contributed by atoms with E-state index in [-0.39, 0.29) is 0 Å². The standard InChI is InChI=1S/C7H7OS/c1-6-2-4-7(9-8)5-3-6/h2-4H,1,5H2. The molecular weight excluding hydrogens is 132 g/mol. The van der Waals surface area contributed by atoms with Gasteiger partial charge < -0.3 is 0 Å². The van der Waals surface area contributed by atoms with Gasteiger partial charge in [-0.15, -0.1) is 0 Å². The second-order valence-electron chi connectivity index (χ2n) is 1.87. The molecule has 0 unspecified atom stereocenters. The molecule has 0 spiro atoms. The summed E-state index contributed by atoms with van der Waals surface area (Å²) in [5.74, 6) is 0. The Morgan fingerprint density at radius 2 is 2.33 bits per heavy atom. The second kappa shape index (κ2) is 2.78. The van der Waals surface area contributed by atoms with E-state index in [0.29, 0.717) is 11.3 Å². The molecule has 1 aliphatic rings. The number of rotatable bonds is 0. The van der Waals surface area contributed by atoms with Gasteiger partial charge in [0.25, 0.3) is 0 Å².